The summed E-state index contributed by atoms with van der Waals surface area (Å²) >= 11 is 0. The number of nitro groups is 1. The predicted octanol–water partition coefficient (Wildman–Crippen LogP) is 5.99. The maximum atomic E-state index is 12.8. The van der Waals surface area contributed by atoms with Crippen molar-refractivity contribution in [2.45, 2.75) is 18.9 Å². The van der Waals surface area contributed by atoms with Crippen LogP contribution < -0.4 is 5.43 Å². The molecule has 1 aromatic heterocycles. The third kappa shape index (κ3) is 6.20. The van der Waals surface area contributed by atoms with Gasteiger partial charge in [-0.05, 0) is 34.9 Å². The Morgan fingerprint density at radius 3 is 2.15 bits per heavy atom. The maximum Gasteiger partial charge on any atom is 0.311 e. The molecule has 2 N–H and O–H groups in total. The number of nitrogens with zero attached hydrogens (tertiary/aromatic N) is 3. The van der Waals surface area contributed by atoms with Gasteiger partial charge in [-0.25, -0.2) is 5.43 Å². The molecule has 0 saturated carbocycles. The smallest absolute Gasteiger partial charge is 0.311 e. The van der Waals surface area contributed by atoms with Crippen LogP contribution in [0.25, 0.3) is 10.9 Å². The van der Waals surface area contributed by atoms with Crippen LogP contribution in [-0.4, -0.2) is 32.2 Å². The van der Waals surface area contributed by atoms with Crippen LogP contribution in [0.1, 0.15) is 39.4 Å². The Labute approximate surface area is 235 Å². The molecule has 0 saturated heterocycles. The summed E-state index contributed by atoms with van der Waals surface area (Å²) in [4.78, 5) is 35.9. The Bertz CT molecular complexity index is 1730. The number of nitro benzene ring substituents is 1. The van der Waals surface area contributed by atoms with Crippen molar-refractivity contribution in [3.8, 4) is 0 Å². The van der Waals surface area contributed by atoms with Gasteiger partial charge in [0.25, 0.3) is 11.6 Å². The van der Waals surface area contributed by atoms with Gasteiger partial charge in [0.1, 0.15) is 0 Å². The van der Waals surface area contributed by atoms with E-state index in [1.165, 1.54) is 24.3 Å². The van der Waals surface area contributed by atoms with E-state index in [-0.39, 0.29) is 17.7 Å². The molecule has 0 spiro atoms. The molecule has 204 valence electrons. The topological polar surface area (TPSA) is 127 Å². The lowest BCUT2D eigenvalue weighted by atomic mass is 9.91. The minimum atomic E-state index is -1.02. The molecular formula is C32H26N4O5. The number of aliphatic carboxylic acids is 1. The summed E-state index contributed by atoms with van der Waals surface area (Å²) < 4.78 is 2.05. The molecule has 4 aromatic carbocycles. The SMILES string of the molecule is O=C(N/N=C(\C[C@@H](C(=O)O)c1cn(Cc2ccccc2)c2ccccc12)c1ccccc1)c1ccc([N+](=O)[O-])cc1. The molecule has 0 bridgehead atoms. The van der Waals surface area contributed by atoms with Crippen molar-refractivity contribution in [3.63, 3.8) is 0 Å². The minimum Gasteiger partial charge on any atom is -0.481 e. The van der Waals surface area contributed by atoms with Crippen LogP contribution in [-0.2, 0) is 11.3 Å². The molecule has 0 fully saturated rings. The molecule has 5 rings (SSSR count). The van der Waals surface area contributed by atoms with Crippen molar-refractivity contribution in [1.29, 1.82) is 0 Å². The summed E-state index contributed by atoms with van der Waals surface area (Å²) in [6.07, 6.45) is 1.90. The van der Waals surface area contributed by atoms with Crippen molar-refractivity contribution in [2.75, 3.05) is 0 Å². The molecule has 0 aliphatic carbocycles. The van der Waals surface area contributed by atoms with E-state index >= 15 is 0 Å². The lowest BCUT2D eigenvalue weighted by Crippen LogP contribution is -2.23. The van der Waals surface area contributed by atoms with Gasteiger partial charge in [0.2, 0.25) is 0 Å². The molecule has 1 amide bonds. The van der Waals surface area contributed by atoms with Gasteiger partial charge in [0.05, 0.1) is 16.6 Å². The van der Waals surface area contributed by atoms with Gasteiger partial charge in [0, 0.05) is 47.8 Å². The number of nitrogens with one attached hydrogen (secondary N) is 1. The average Bonchev–Trinajstić information content (AvgIpc) is 3.35. The van der Waals surface area contributed by atoms with Crippen LogP contribution in [0.2, 0.25) is 0 Å². The third-order valence-electron chi connectivity index (χ3n) is 6.83. The standard InChI is InChI=1S/C32H26N4O5/c37-31(24-15-17-25(18-16-24)36(40)41)34-33-29(23-11-5-2-6-12-23)19-27(32(38)39)28-21-35(20-22-9-3-1-4-10-22)30-14-8-7-13-26(28)30/h1-18,21,27H,19-20H2,(H,34,37)(H,38,39)/b33-29+/t27-/m1/s1. The number of para-hydroxylation sites is 1. The van der Waals surface area contributed by atoms with Crippen LogP contribution in [0.3, 0.4) is 0 Å². The van der Waals surface area contributed by atoms with Crippen molar-refractivity contribution < 1.29 is 19.6 Å². The number of aromatic nitrogens is 1. The molecule has 1 atom stereocenters. The highest BCUT2D eigenvalue weighted by Gasteiger charge is 2.27. The number of fused-ring (bicyclic) bond motifs is 1. The molecule has 9 nitrogen and oxygen atoms in total. The zero-order valence-electron chi connectivity index (χ0n) is 21.9. The molecule has 0 aliphatic rings. The molecule has 5 aromatic rings. The number of carbonyl (C=O) groups excluding carboxylic acids is 1. The maximum absolute atomic E-state index is 12.8. The number of carboxylic acid groups (broad SMARTS) is 1. The molecule has 0 radical (unpaired) electrons. The summed E-state index contributed by atoms with van der Waals surface area (Å²) in [5.74, 6) is -2.54. The lowest BCUT2D eigenvalue weighted by Gasteiger charge is -2.14. The van der Waals surface area contributed by atoms with Crippen molar-refractivity contribution in [1.82, 2.24) is 9.99 Å². The molecule has 0 aliphatic heterocycles. The van der Waals surface area contributed by atoms with E-state index in [1.54, 1.807) is 12.1 Å². The highest BCUT2D eigenvalue weighted by Crippen LogP contribution is 2.32. The van der Waals surface area contributed by atoms with Gasteiger partial charge < -0.3 is 9.67 Å². The zero-order valence-corrected chi connectivity index (χ0v) is 21.9. The number of hydrogen-bond acceptors (Lipinski definition) is 5. The highest BCUT2D eigenvalue weighted by molar-refractivity contribution is 6.05. The van der Waals surface area contributed by atoms with Gasteiger partial charge >= 0.3 is 5.97 Å². The number of hydrogen-bond donors (Lipinski definition) is 2. The van der Waals surface area contributed by atoms with Crippen molar-refractivity contribution in [3.05, 3.63) is 148 Å². The van der Waals surface area contributed by atoms with Gasteiger partial charge in [0.15, 0.2) is 0 Å². The van der Waals surface area contributed by atoms with Crippen LogP contribution in [0.5, 0.6) is 0 Å². The van der Waals surface area contributed by atoms with Crippen LogP contribution >= 0.6 is 0 Å². The predicted molar refractivity (Wildman–Crippen MR) is 156 cm³/mol. The normalized spacial score (nSPS) is 12.1. The number of carbonyl (C=O) groups is 2. The Balaban J connectivity index is 1.48. The van der Waals surface area contributed by atoms with E-state index in [1.807, 2.05) is 83.6 Å². The Morgan fingerprint density at radius 2 is 1.49 bits per heavy atom. The van der Waals surface area contributed by atoms with Crippen LogP contribution in [0.15, 0.2) is 120 Å². The fraction of sp³-hybridized carbons (Fsp3) is 0.0938. The monoisotopic (exact) mass is 546 g/mol. The lowest BCUT2D eigenvalue weighted by molar-refractivity contribution is -0.384. The quantitative estimate of drug-likeness (QED) is 0.126. The zero-order chi connectivity index (χ0) is 28.8. The summed E-state index contributed by atoms with van der Waals surface area (Å²) in [5, 5.41) is 26.5. The average molecular weight is 547 g/mol. The summed E-state index contributed by atoms with van der Waals surface area (Å²) in [5.41, 5.74) is 6.25. The second-order valence-electron chi connectivity index (χ2n) is 9.48. The van der Waals surface area contributed by atoms with Gasteiger partial charge in [-0.1, -0.05) is 78.9 Å². The number of hydrazone groups is 1. The summed E-state index contributed by atoms with van der Waals surface area (Å²) in [7, 11) is 0. The van der Waals surface area contributed by atoms with Crippen molar-refractivity contribution in [2.24, 2.45) is 5.10 Å². The highest BCUT2D eigenvalue weighted by atomic mass is 16.6. The van der Waals surface area contributed by atoms with Crippen LogP contribution in [0, 0.1) is 10.1 Å². The van der Waals surface area contributed by atoms with Gasteiger partial charge in [-0.2, -0.15) is 5.10 Å². The fourth-order valence-electron chi connectivity index (χ4n) is 4.76. The first kappa shape index (κ1) is 27.0. The van der Waals surface area contributed by atoms with Crippen LogP contribution in [0.4, 0.5) is 5.69 Å². The first-order chi connectivity index (χ1) is 19.9. The first-order valence-electron chi connectivity index (χ1n) is 12.9. The van der Waals surface area contributed by atoms with Gasteiger partial charge in [-0.15, -0.1) is 0 Å². The number of non-ortho nitro benzene ring substituents is 1. The fourth-order valence-corrected chi connectivity index (χ4v) is 4.76. The summed E-state index contributed by atoms with van der Waals surface area (Å²) in [6, 6.07) is 31.8. The van der Waals surface area contributed by atoms with Crippen molar-refractivity contribution >= 4 is 34.2 Å². The van der Waals surface area contributed by atoms with E-state index in [0.717, 1.165) is 16.5 Å². The number of rotatable bonds is 10. The third-order valence-corrected chi connectivity index (χ3v) is 6.83. The molecule has 9 heteroatoms. The van der Waals surface area contributed by atoms with E-state index < -0.39 is 22.7 Å². The molecular weight excluding hydrogens is 520 g/mol. The summed E-state index contributed by atoms with van der Waals surface area (Å²) in [6.45, 7) is 0.582. The van der Waals surface area contributed by atoms with E-state index in [2.05, 4.69) is 10.5 Å². The van der Waals surface area contributed by atoms with E-state index in [4.69, 9.17) is 0 Å². The largest absolute Gasteiger partial charge is 0.481 e. The first-order valence-corrected chi connectivity index (χ1v) is 12.9. The molecule has 1 heterocycles. The number of carboxylic acids is 1. The number of benzene rings is 4. The minimum absolute atomic E-state index is 0.0131. The Morgan fingerprint density at radius 1 is 0.854 bits per heavy atom. The van der Waals surface area contributed by atoms with Gasteiger partial charge in [-0.3, -0.25) is 19.7 Å². The van der Waals surface area contributed by atoms with E-state index in [0.29, 0.717) is 23.4 Å². The van der Waals surface area contributed by atoms with E-state index in [9.17, 15) is 24.8 Å². The number of amides is 1. The Kier molecular flexibility index (Phi) is 7.96. The second kappa shape index (κ2) is 12.1. The Hall–Kier alpha value is -5.57. The second-order valence-corrected chi connectivity index (χ2v) is 9.48. The molecule has 0 unspecified atom stereocenters. The molecule has 41 heavy (non-hydrogen) atoms.